The lowest BCUT2D eigenvalue weighted by atomic mass is 10.0. The molecule has 3 nitrogen and oxygen atoms in total. The predicted molar refractivity (Wildman–Crippen MR) is 78.7 cm³/mol. The zero-order valence-electron chi connectivity index (χ0n) is 9.85. The van der Waals surface area contributed by atoms with Gasteiger partial charge < -0.3 is 10.4 Å². The third kappa shape index (κ3) is 2.15. The van der Waals surface area contributed by atoms with Gasteiger partial charge in [0.25, 0.3) is 5.91 Å². The van der Waals surface area contributed by atoms with Gasteiger partial charge in [0.15, 0.2) is 0 Å². The Morgan fingerprint density at radius 2 is 1.95 bits per heavy atom. The van der Waals surface area contributed by atoms with Crippen LogP contribution in [0.3, 0.4) is 0 Å². The highest BCUT2D eigenvalue weighted by Gasteiger charge is 2.23. The molecule has 0 fully saturated rings. The molecule has 19 heavy (non-hydrogen) atoms. The van der Waals surface area contributed by atoms with Crippen LogP contribution in [0.2, 0.25) is 0 Å². The molecule has 3 rings (SSSR count). The number of benzene rings is 2. The normalized spacial score (nSPS) is 15.4. The number of anilines is 1. The fourth-order valence-corrected chi connectivity index (χ4v) is 2.46. The van der Waals surface area contributed by atoms with Crippen LogP contribution in [0, 0.1) is 0 Å². The van der Waals surface area contributed by atoms with Crippen molar-refractivity contribution in [1.82, 2.24) is 0 Å². The number of phenols is 1. The third-order valence-electron chi connectivity index (χ3n) is 3.00. The topological polar surface area (TPSA) is 49.3 Å². The fraction of sp³-hybridized carbons (Fsp3) is 0. The van der Waals surface area contributed by atoms with Gasteiger partial charge in [-0.2, -0.15) is 0 Å². The lowest BCUT2D eigenvalue weighted by Crippen LogP contribution is -2.03. The number of hydrogen-bond donors (Lipinski definition) is 2. The number of aromatic hydroxyl groups is 1. The number of carbonyl (C=O) groups is 1. The van der Waals surface area contributed by atoms with Gasteiger partial charge in [-0.1, -0.05) is 34.1 Å². The van der Waals surface area contributed by atoms with E-state index in [1.165, 1.54) is 0 Å². The molecule has 0 saturated heterocycles. The maximum Gasteiger partial charge on any atom is 0.256 e. The molecular weight excluding hydrogens is 306 g/mol. The summed E-state index contributed by atoms with van der Waals surface area (Å²) in [6.07, 6.45) is 1.70. The van der Waals surface area contributed by atoms with E-state index in [1.807, 2.05) is 24.3 Å². The van der Waals surface area contributed by atoms with Gasteiger partial charge in [0.1, 0.15) is 5.75 Å². The number of hydrogen-bond acceptors (Lipinski definition) is 2. The first kappa shape index (κ1) is 12.0. The first-order valence-electron chi connectivity index (χ1n) is 5.76. The van der Waals surface area contributed by atoms with Crippen molar-refractivity contribution in [3.05, 3.63) is 58.1 Å². The van der Waals surface area contributed by atoms with Gasteiger partial charge in [-0.25, -0.2) is 0 Å². The van der Waals surface area contributed by atoms with Crippen LogP contribution in [-0.2, 0) is 4.79 Å². The Balaban J connectivity index is 2.14. The number of nitrogens with one attached hydrogen (secondary N) is 1. The van der Waals surface area contributed by atoms with Crippen LogP contribution in [0.5, 0.6) is 5.75 Å². The zero-order chi connectivity index (χ0) is 13.4. The molecule has 0 radical (unpaired) electrons. The number of halogens is 1. The minimum absolute atomic E-state index is 0.146. The third-order valence-corrected chi connectivity index (χ3v) is 3.49. The number of amides is 1. The second kappa shape index (κ2) is 4.55. The molecule has 0 spiro atoms. The number of fused-ring (bicyclic) bond motifs is 1. The van der Waals surface area contributed by atoms with Crippen molar-refractivity contribution >= 4 is 39.2 Å². The van der Waals surface area contributed by atoms with E-state index in [0.29, 0.717) is 11.1 Å². The molecule has 0 unspecified atom stereocenters. The van der Waals surface area contributed by atoms with Crippen molar-refractivity contribution in [2.75, 3.05) is 5.32 Å². The molecule has 2 aromatic carbocycles. The summed E-state index contributed by atoms with van der Waals surface area (Å²) in [5.74, 6) is -0.00606. The van der Waals surface area contributed by atoms with Crippen LogP contribution in [0.25, 0.3) is 11.6 Å². The Morgan fingerprint density at radius 1 is 1.16 bits per heavy atom. The molecule has 94 valence electrons. The van der Waals surface area contributed by atoms with Crippen LogP contribution < -0.4 is 5.32 Å². The minimum Gasteiger partial charge on any atom is -0.507 e. The standard InChI is InChI=1S/C15H10BrNO2/c16-10-5-6-14(18)9(7-10)8-12-11-3-1-2-4-13(11)17-15(12)19/h1-8,18H,(H,17,19). The van der Waals surface area contributed by atoms with E-state index in [2.05, 4.69) is 21.2 Å². The smallest absolute Gasteiger partial charge is 0.256 e. The number of rotatable bonds is 1. The summed E-state index contributed by atoms with van der Waals surface area (Å²) in [6, 6.07) is 12.6. The Bertz CT molecular complexity index is 707. The maximum atomic E-state index is 12.0. The average Bonchev–Trinajstić information content (AvgIpc) is 2.71. The second-order valence-electron chi connectivity index (χ2n) is 4.26. The highest BCUT2D eigenvalue weighted by Crippen LogP contribution is 2.34. The van der Waals surface area contributed by atoms with Crippen LogP contribution in [0.4, 0.5) is 5.69 Å². The van der Waals surface area contributed by atoms with E-state index >= 15 is 0 Å². The molecule has 1 aliphatic rings. The predicted octanol–water partition coefficient (Wildman–Crippen LogP) is 3.65. The zero-order valence-corrected chi connectivity index (χ0v) is 11.4. The molecular formula is C15H10BrNO2. The van der Waals surface area contributed by atoms with Crippen LogP contribution in [-0.4, -0.2) is 11.0 Å². The molecule has 2 N–H and O–H groups in total. The van der Waals surface area contributed by atoms with Crippen molar-refractivity contribution in [2.24, 2.45) is 0 Å². The molecule has 0 aromatic heterocycles. The number of para-hydroxylation sites is 1. The Labute approximate surface area is 118 Å². The summed E-state index contributed by atoms with van der Waals surface area (Å²) < 4.78 is 0.851. The maximum absolute atomic E-state index is 12.0. The molecule has 0 bridgehead atoms. The molecule has 1 aliphatic heterocycles. The Morgan fingerprint density at radius 3 is 2.79 bits per heavy atom. The van der Waals surface area contributed by atoms with Crippen LogP contribution in [0.15, 0.2) is 46.9 Å². The second-order valence-corrected chi connectivity index (χ2v) is 5.18. The Hall–Kier alpha value is -2.07. The highest BCUT2D eigenvalue weighted by molar-refractivity contribution is 9.10. The Kier molecular flexibility index (Phi) is 2.87. The van der Waals surface area contributed by atoms with E-state index in [9.17, 15) is 9.90 Å². The monoisotopic (exact) mass is 315 g/mol. The molecule has 2 aromatic rings. The van der Waals surface area contributed by atoms with Crippen LogP contribution in [0.1, 0.15) is 11.1 Å². The summed E-state index contributed by atoms with van der Waals surface area (Å²) >= 11 is 3.35. The van der Waals surface area contributed by atoms with Gasteiger partial charge in [-0.05, 0) is 30.3 Å². The van der Waals surface area contributed by atoms with Gasteiger partial charge in [0.05, 0.1) is 0 Å². The summed E-state index contributed by atoms with van der Waals surface area (Å²) in [4.78, 5) is 12.0. The van der Waals surface area contributed by atoms with E-state index in [0.717, 1.165) is 15.7 Å². The van der Waals surface area contributed by atoms with Crippen molar-refractivity contribution in [3.8, 4) is 5.75 Å². The first-order chi connectivity index (χ1) is 9.15. The van der Waals surface area contributed by atoms with E-state index in [4.69, 9.17) is 0 Å². The van der Waals surface area contributed by atoms with Crippen molar-refractivity contribution in [3.63, 3.8) is 0 Å². The summed E-state index contributed by atoms with van der Waals surface area (Å²) in [7, 11) is 0. The molecule has 0 atom stereocenters. The van der Waals surface area contributed by atoms with Crippen molar-refractivity contribution < 1.29 is 9.90 Å². The average molecular weight is 316 g/mol. The van der Waals surface area contributed by atoms with E-state index in [1.54, 1.807) is 24.3 Å². The molecule has 0 saturated carbocycles. The van der Waals surface area contributed by atoms with Gasteiger partial charge in [-0.15, -0.1) is 0 Å². The van der Waals surface area contributed by atoms with Gasteiger partial charge in [-0.3, -0.25) is 4.79 Å². The quantitative estimate of drug-likeness (QED) is 0.789. The van der Waals surface area contributed by atoms with Gasteiger partial charge >= 0.3 is 0 Å². The van der Waals surface area contributed by atoms with E-state index < -0.39 is 0 Å². The number of carbonyl (C=O) groups excluding carboxylic acids is 1. The summed E-state index contributed by atoms with van der Waals surface area (Å²) in [5.41, 5.74) is 2.82. The highest BCUT2D eigenvalue weighted by atomic mass is 79.9. The SMILES string of the molecule is O=C1Nc2ccccc2C1=Cc1cc(Br)ccc1O. The lowest BCUT2D eigenvalue weighted by Gasteiger charge is -2.02. The van der Waals surface area contributed by atoms with Crippen LogP contribution >= 0.6 is 15.9 Å². The molecule has 4 heteroatoms. The van der Waals surface area contributed by atoms with Gasteiger partial charge in [0.2, 0.25) is 0 Å². The van der Waals surface area contributed by atoms with Gasteiger partial charge in [0, 0.05) is 26.9 Å². The fourth-order valence-electron chi connectivity index (χ4n) is 2.08. The largest absolute Gasteiger partial charge is 0.507 e. The van der Waals surface area contributed by atoms with E-state index in [-0.39, 0.29) is 11.7 Å². The minimum atomic E-state index is -0.152. The van der Waals surface area contributed by atoms with Crippen molar-refractivity contribution in [2.45, 2.75) is 0 Å². The summed E-state index contributed by atoms with van der Waals surface area (Å²) in [5, 5.41) is 12.6. The molecule has 1 amide bonds. The molecule has 1 heterocycles. The first-order valence-corrected chi connectivity index (χ1v) is 6.55. The molecule has 0 aliphatic carbocycles. The lowest BCUT2D eigenvalue weighted by molar-refractivity contribution is -0.110. The number of phenolic OH excluding ortho intramolecular Hbond substituents is 1. The summed E-state index contributed by atoms with van der Waals surface area (Å²) in [6.45, 7) is 0. The van der Waals surface area contributed by atoms with Crippen molar-refractivity contribution in [1.29, 1.82) is 0 Å².